The van der Waals surface area contributed by atoms with Crippen molar-refractivity contribution in [1.29, 1.82) is 0 Å². The molecular weight excluding hydrogens is 448 g/mol. The standard InChI is InChI=1S/C26H24N4O5/c1-2-18-24(28-4-1)17-3-5-27-16-19(17)26-25(18)29-20-14-22-23(15-21(20)30-26)35-13-11-33-9-7-31-6-8-32-10-12-34-22/h1-5,14-16H,6-13H2. The Hall–Kier alpha value is -3.66. The second-order valence-corrected chi connectivity index (χ2v) is 8.06. The molecule has 0 radical (unpaired) electrons. The van der Waals surface area contributed by atoms with E-state index in [1.807, 2.05) is 36.5 Å². The van der Waals surface area contributed by atoms with Gasteiger partial charge in [0.25, 0.3) is 0 Å². The average Bonchev–Trinajstić information content (AvgIpc) is 2.91. The summed E-state index contributed by atoms with van der Waals surface area (Å²) in [6.45, 7) is 3.70. The maximum absolute atomic E-state index is 6.02. The van der Waals surface area contributed by atoms with Gasteiger partial charge < -0.3 is 23.7 Å². The molecule has 5 aromatic rings. The average molecular weight is 473 g/mol. The van der Waals surface area contributed by atoms with E-state index in [-0.39, 0.29) is 0 Å². The zero-order chi connectivity index (χ0) is 23.5. The van der Waals surface area contributed by atoms with Crippen molar-refractivity contribution in [3.05, 3.63) is 48.9 Å². The normalized spacial score (nSPS) is 16.3. The highest BCUT2D eigenvalue weighted by atomic mass is 16.6. The first-order chi connectivity index (χ1) is 17.4. The third-order valence-electron chi connectivity index (χ3n) is 5.84. The molecular formula is C26H24N4O5. The van der Waals surface area contributed by atoms with Crippen LogP contribution in [0.25, 0.3) is 43.7 Å². The van der Waals surface area contributed by atoms with Crippen molar-refractivity contribution >= 4 is 43.7 Å². The lowest BCUT2D eigenvalue weighted by molar-refractivity contribution is 0.00708. The van der Waals surface area contributed by atoms with Gasteiger partial charge in [-0.15, -0.1) is 0 Å². The largest absolute Gasteiger partial charge is 0.487 e. The van der Waals surface area contributed by atoms with Crippen LogP contribution in [0.1, 0.15) is 0 Å². The van der Waals surface area contributed by atoms with E-state index in [0.717, 1.165) is 32.7 Å². The van der Waals surface area contributed by atoms with Gasteiger partial charge in [-0.1, -0.05) is 0 Å². The molecule has 3 aromatic heterocycles. The first-order valence-corrected chi connectivity index (χ1v) is 11.6. The van der Waals surface area contributed by atoms with Crippen LogP contribution in [-0.4, -0.2) is 72.8 Å². The van der Waals surface area contributed by atoms with Gasteiger partial charge in [0.2, 0.25) is 0 Å². The number of benzene rings is 2. The first kappa shape index (κ1) is 21.8. The number of hydrogen-bond acceptors (Lipinski definition) is 9. The molecule has 9 nitrogen and oxygen atoms in total. The lowest BCUT2D eigenvalue weighted by Crippen LogP contribution is -2.13. The van der Waals surface area contributed by atoms with Gasteiger partial charge in [0, 0.05) is 46.9 Å². The van der Waals surface area contributed by atoms with Crippen molar-refractivity contribution in [3.63, 3.8) is 0 Å². The topological polar surface area (TPSA) is 97.7 Å². The van der Waals surface area contributed by atoms with E-state index < -0.39 is 0 Å². The number of rotatable bonds is 0. The highest BCUT2D eigenvalue weighted by Gasteiger charge is 2.16. The number of ether oxygens (including phenoxy) is 5. The van der Waals surface area contributed by atoms with Crippen molar-refractivity contribution < 1.29 is 23.7 Å². The molecule has 0 fully saturated rings. The molecule has 0 unspecified atom stereocenters. The Morgan fingerprint density at radius 1 is 0.571 bits per heavy atom. The van der Waals surface area contributed by atoms with Crippen molar-refractivity contribution in [2.24, 2.45) is 0 Å². The highest BCUT2D eigenvalue weighted by molar-refractivity contribution is 6.22. The molecule has 0 atom stereocenters. The van der Waals surface area contributed by atoms with Crippen LogP contribution in [0.15, 0.2) is 48.9 Å². The molecule has 6 rings (SSSR count). The highest BCUT2D eigenvalue weighted by Crippen LogP contribution is 2.36. The van der Waals surface area contributed by atoms with Gasteiger partial charge in [-0.25, -0.2) is 9.97 Å². The summed E-state index contributed by atoms with van der Waals surface area (Å²) in [5, 5.41) is 2.84. The minimum Gasteiger partial charge on any atom is -0.487 e. The number of aromatic nitrogens is 4. The van der Waals surface area contributed by atoms with Crippen LogP contribution in [0, 0.1) is 0 Å². The van der Waals surface area contributed by atoms with Gasteiger partial charge in [0.15, 0.2) is 11.5 Å². The number of nitrogens with zero attached hydrogens (tertiary/aromatic N) is 4. The first-order valence-electron chi connectivity index (χ1n) is 11.6. The fourth-order valence-electron chi connectivity index (χ4n) is 4.23. The summed E-state index contributed by atoms with van der Waals surface area (Å²) in [5.74, 6) is 1.18. The Kier molecular flexibility index (Phi) is 6.18. The Morgan fingerprint density at radius 2 is 1.17 bits per heavy atom. The summed E-state index contributed by atoms with van der Waals surface area (Å²) < 4.78 is 28.7. The van der Waals surface area contributed by atoms with Gasteiger partial charge in [-0.3, -0.25) is 9.97 Å². The summed E-state index contributed by atoms with van der Waals surface area (Å²) in [4.78, 5) is 18.9. The Balaban J connectivity index is 1.47. The van der Waals surface area contributed by atoms with Crippen LogP contribution >= 0.6 is 0 Å². The summed E-state index contributed by atoms with van der Waals surface area (Å²) in [7, 11) is 0. The second-order valence-electron chi connectivity index (χ2n) is 8.06. The van der Waals surface area contributed by atoms with Crippen LogP contribution < -0.4 is 9.47 Å². The summed E-state index contributed by atoms with van der Waals surface area (Å²) in [6, 6.07) is 9.64. The number of fused-ring (bicyclic) bond motifs is 8. The lowest BCUT2D eigenvalue weighted by atomic mass is 10.0. The van der Waals surface area contributed by atoms with Crippen LogP contribution in [0.4, 0.5) is 0 Å². The third-order valence-corrected chi connectivity index (χ3v) is 5.84. The fourth-order valence-corrected chi connectivity index (χ4v) is 4.23. The fraction of sp³-hybridized carbons (Fsp3) is 0.308. The van der Waals surface area contributed by atoms with Crippen molar-refractivity contribution in [2.75, 3.05) is 52.9 Å². The van der Waals surface area contributed by atoms with Crippen molar-refractivity contribution in [3.8, 4) is 11.5 Å². The second kappa shape index (κ2) is 9.91. The Morgan fingerprint density at radius 3 is 1.83 bits per heavy atom. The molecule has 0 N–H and O–H groups in total. The van der Waals surface area contributed by atoms with Crippen molar-refractivity contribution in [2.45, 2.75) is 0 Å². The monoisotopic (exact) mass is 472 g/mol. The van der Waals surface area contributed by atoms with E-state index in [4.69, 9.17) is 33.7 Å². The molecule has 0 amide bonds. The van der Waals surface area contributed by atoms with Gasteiger partial charge in [0.05, 0.1) is 67.2 Å². The predicted octanol–water partition coefficient (Wildman–Crippen LogP) is 3.70. The van der Waals surface area contributed by atoms with Crippen LogP contribution in [0.5, 0.6) is 11.5 Å². The molecule has 0 aliphatic carbocycles. The minimum absolute atomic E-state index is 0.378. The Bertz CT molecular complexity index is 1400. The molecule has 0 spiro atoms. The molecule has 1 aliphatic rings. The molecule has 9 heteroatoms. The lowest BCUT2D eigenvalue weighted by Gasteiger charge is -2.15. The smallest absolute Gasteiger partial charge is 0.163 e. The van der Waals surface area contributed by atoms with Gasteiger partial charge in [-0.05, 0) is 18.2 Å². The van der Waals surface area contributed by atoms with Gasteiger partial charge in [-0.2, -0.15) is 0 Å². The zero-order valence-corrected chi connectivity index (χ0v) is 19.1. The van der Waals surface area contributed by atoms with E-state index in [2.05, 4.69) is 9.97 Å². The summed E-state index contributed by atoms with van der Waals surface area (Å²) >= 11 is 0. The molecule has 1 aliphatic heterocycles. The molecule has 35 heavy (non-hydrogen) atoms. The third kappa shape index (κ3) is 4.41. The maximum atomic E-state index is 6.02. The van der Waals surface area contributed by atoms with Crippen LogP contribution in [0.2, 0.25) is 0 Å². The summed E-state index contributed by atoms with van der Waals surface area (Å²) in [6.07, 6.45) is 5.37. The number of hydrogen-bond donors (Lipinski definition) is 0. The molecule has 0 saturated carbocycles. The number of pyridine rings is 2. The van der Waals surface area contributed by atoms with Gasteiger partial charge >= 0.3 is 0 Å². The SMILES string of the molecule is c1cnc2c3ccncc3c3nc4cc5c(cc4nc3c2c1)OCCOCCOCCOCCO5. The zero-order valence-electron chi connectivity index (χ0n) is 19.1. The van der Waals surface area contributed by atoms with Gasteiger partial charge in [0.1, 0.15) is 13.2 Å². The maximum Gasteiger partial charge on any atom is 0.163 e. The van der Waals surface area contributed by atoms with Crippen LogP contribution in [0.3, 0.4) is 0 Å². The van der Waals surface area contributed by atoms with E-state index in [9.17, 15) is 0 Å². The molecule has 2 aromatic carbocycles. The van der Waals surface area contributed by atoms with Crippen LogP contribution in [-0.2, 0) is 14.2 Å². The quantitative estimate of drug-likeness (QED) is 0.247. The summed E-state index contributed by atoms with van der Waals surface area (Å²) in [5.41, 5.74) is 3.83. The molecule has 0 saturated heterocycles. The molecule has 178 valence electrons. The van der Waals surface area contributed by atoms with E-state index in [0.29, 0.717) is 75.4 Å². The predicted molar refractivity (Wildman–Crippen MR) is 131 cm³/mol. The van der Waals surface area contributed by atoms with Crippen molar-refractivity contribution in [1.82, 2.24) is 19.9 Å². The van der Waals surface area contributed by atoms with E-state index >= 15 is 0 Å². The minimum atomic E-state index is 0.378. The molecule has 4 heterocycles. The Labute approximate surface area is 201 Å². The molecule has 0 bridgehead atoms. The van der Waals surface area contributed by atoms with E-state index in [1.165, 1.54) is 0 Å². The van der Waals surface area contributed by atoms with E-state index in [1.54, 1.807) is 12.4 Å².